The van der Waals surface area contributed by atoms with E-state index in [4.69, 9.17) is 5.73 Å². The van der Waals surface area contributed by atoms with Gasteiger partial charge in [-0.05, 0) is 37.8 Å². The summed E-state index contributed by atoms with van der Waals surface area (Å²) >= 11 is 0. The van der Waals surface area contributed by atoms with Crippen molar-refractivity contribution in [3.63, 3.8) is 0 Å². The van der Waals surface area contributed by atoms with Crippen molar-refractivity contribution in [3.05, 3.63) is 0 Å². The number of nitrogens with one attached hydrogen (secondary N) is 5. The van der Waals surface area contributed by atoms with Crippen molar-refractivity contribution in [3.8, 4) is 0 Å². The Morgan fingerprint density at radius 2 is 1.62 bits per heavy atom. The number of nitrogens with zero attached hydrogens (tertiary/aromatic N) is 3. The standard InChI is InChI=1S/C24H41F2N9O2/c25-16-7-30-22-19(21(27)32-35(22)12-16)23(36)31-18-9-29-8-17(26)20(18)33-3-1-13(2-4-33)24(37)34-10-14-5-28-6-15(14)11-34/h13-22,28-30,32H,1-12,27H2,(H,31,36). The zero-order chi connectivity index (χ0) is 25.7. The molecule has 0 bridgehead atoms. The van der Waals surface area contributed by atoms with Gasteiger partial charge in [-0.1, -0.05) is 0 Å². The van der Waals surface area contributed by atoms with E-state index in [1.54, 1.807) is 5.01 Å². The van der Waals surface area contributed by atoms with Crippen LogP contribution in [-0.2, 0) is 9.59 Å². The maximum absolute atomic E-state index is 15.3. The fourth-order valence-electron chi connectivity index (χ4n) is 7.49. The molecule has 11 nitrogen and oxygen atoms in total. The summed E-state index contributed by atoms with van der Waals surface area (Å²) in [6.07, 6.45) is -1.80. The maximum atomic E-state index is 15.3. The number of carbonyl (C=O) groups excluding carboxylic acids is 2. The van der Waals surface area contributed by atoms with E-state index >= 15 is 4.39 Å². The van der Waals surface area contributed by atoms with E-state index in [0.717, 1.165) is 26.2 Å². The predicted molar refractivity (Wildman–Crippen MR) is 132 cm³/mol. The molecule has 0 aromatic rings. The largest absolute Gasteiger partial charge is 0.350 e. The highest BCUT2D eigenvalue weighted by Gasteiger charge is 2.49. The molecule has 37 heavy (non-hydrogen) atoms. The minimum absolute atomic E-state index is 0.0129. The Morgan fingerprint density at radius 3 is 2.35 bits per heavy atom. The van der Waals surface area contributed by atoms with Gasteiger partial charge in [-0.2, -0.15) is 0 Å². The Morgan fingerprint density at radius 1 is 0.919 bits per heavy atom. The highest BCUT2D eigenvalue weighted by molar-refractivity contribution is 5.81. The van der Waals surface area contributed by atoms with Crippen molar-refractivity contribution in [1.29, 1.82) is 0 Å². The number of carbonyl (C=O) groups is 2. The predicted octanol–water partition coefficient (Wildman–Crippen LogP) is -2.84. The molecule has 6 aliphatic rings. The lowest BCUT2D eigenvalue weighted by molar-refractivity contribution is -0.136. The first-order valence-corrected chi connectivity index (χ1v) is 13.9. The quantitative estimate of drug-likeness (QED) is 0.230. The van der Waals surface area contributed by atoms with Gasteiger partial charge in [0.1, 0.15) is 12.3 Å². The third-order valence-corrected chi connectivity index (χ3v) is 9.44. The van der Waals surface area contributed by atoms with Gasteiger partial charge in [0.25, 0.3) is 0 Å². The van der Waals surface area contributed by atoms with Crippen LogP contribution in [-0.4, -0.2) is 129 Å². The van der Waals surface area contributed by atoms with Crippen LogP contribution in [0.3, 0.4) is 0 Å². The smallest absolute Gasteiger partial charge is 0.229 e. The molecular weight excluding hydrogens is 484 g/mol. The van der Waals surface area contributed by atoms with E-state index in [2.05, 4.69) is 36.5 Å². The van der Waals surface area contributed by atoms with Gasteiger partial charge in [0, 0.05) is 58.3 Å². The summed E-state index contributed by atoms with van der Waals surface area (Å²) < 4.78 is 29.1. The molecule has 6 aliphatic heterocycles. The SMILES string of the molecule is NC1NN2CC(F)CNC2C1C(=O)NC1CNCC(F)C1N1CCC(C(=O)N2CC3CNCC3C2)CC1. The number of amides is 2. The number of hydrazine groups is 1. The highest BCUT2D eigenvalue weighted by Crippen LogP contribution is 2.31. The number of hydrogen-bond donors (Lipinski definition) is 6. The van der Waals surface area contributed by atoms with Gasteiger partial charge in [-0.15, -0.1) is 0 Å². The molecule has 208 valence electrons. The van der Waals surface area contributed by atoms with Gasteiger partial charge in [-0.3, -0.25) is 19.8 Å². The van der Waals surface area contributed by atoms with Gasteiger partial charge >= 0.3 is 0 Å². The zero-order valence-corrected chi connectivity index (χ0v) is 21.3. The van der Waals surface area contributed by atoms with Crippen molar-refractivity contribution >= 4 is 11.8 Å². The number of likely N-dealkylation sites (tertiary alicyclic amines) is 2. The van der Waals surface area contributed by atoms with Crippen LogP contribution in [0.1, 0.15) is 12.8 Å². The molecule has 13 heteroatoms. The Kier molecular flexibility index (Phi) is 7.38. The van der Waals surface area contributed by atoms with Crippen LogP contribution in [0.4, 0.5) is 8.78 Å². The second kappa shape index (κ2) is 10.6. The van der Waals surface area contributed by atoms with Crippen LogP contribution in [0, 0.1) is 23.7 Å². The fourth-order valence-corrected chi connectivity index (χ4v) is 7.49. The first-order valence-electron chi connectivity index (χ1n) is 13.9. The molecular formula is C24H41F2N9O2. The van der Waals surface area contributed by atoms with Gasteiger partial charge < -0.3 is 26.6 Å². The molecule has 6 fully saturated rings. The third-order valence-electron chi connectivity index (χ3n) is 9.44. The van der Waals surface area contributed by atoms with Crippen molar-refractivity contribution in [2.24, 2.45) is 29.4 Å². The molecule has 6 saturated heterocycles. The summed E-state index contributed by atoms with van der Waals surface area (Å²) in [4.78, 5) is 30.7. The van der Waals surface area contributed by atoms with Crippen LogP contribution in [0.5, 0.6) is 0 Å². The highest BCUT2D eigenvalue weighted by atomic mass is 19.1. The van der Waals surface area contributed by atoms with E-state index in [9.17, 15) is 14.0 Å². The van der Waals surface area contributed by atoms with Crippen LogP contribution < -0.4 is 32.4 Å². The Balaban J connectivity index is 1.06. The van der Waals surface area contributed by atoms with Crippen LogP contribution in [0.2, 0.25) is 0 Å². The van der Waals surface area contributed by atoms with Gasteiger partial charge in [0.15, 0.2) is 0 Å². The van der Waals surface area contributed by atoms with E-state index in [0.29, 0.717) is 44.3 Å². The molecule has 0 aromatic carbocycles. The second-order valence-corrected chi connectivity index (χ2v) is 11.8. The summed E-state index contributed by atoms with van der Waals surface area (Å²) in [6.45, 7) is 6.01. The van der Waals surface area contributed by atoms with E-state index in [1.165, 1.54) is 0 Å². The maximum Gasteiger partial charge on any atom is 0.229 e. The lowest BCUT2D eigenvalue weighted by atomic mass is 9.90. The molecule has 6 heterocycles. The van der Waals surface area contributed by atoms with E-state index in [-0.39, 0.29) is 37.4 Å². The summed E-state index contributed by atoms with van der Waals surface area (Å²) in [5.74, 6) is 0.514. The summed E-state index contributed by atoms with van der Waals surface area (Å²) in [7, 11) is 0. The number of fused-ring (bicyclic) bond motifs is 2. The van der Waals surface area contributed by atoms with Crippen LogP contribution in [0.25, 0.3) is 0 Å². The number of halogens is 2. The molecule has 2 amide bonds. The molecule has 7 N–H and O–H groups in total. The number of nitrogens with two attached hydrogens (primary N) is 1. The van der Waals surface area contributed by atoms with Crippen molar-refractivity contribution in [2.75, 3.05) is 65.4 Å². The average Bonchev–Trinajstić information content (AvgIpc) is 3.56. The van der Waals surface area contributed by atoms with Gasteiger partial charge in [-0.25, -0.2) is 19.2 Å². The number of rotatable bonds is 4. The van der Waals surface area contributed by atoms with Crippen molar-refractivity contribution < 1.29 is 18.4 Å². The van der Waals surface area contributed by atoms with Crippen LogP contribution in [0.15, 0.2) is 0 Å². The molecule has 9 atom stereocenters. The first kappa shape index (κ1) is 25.8. The van der Waals surface area contributed by atoms with Gasteiger partial charge in [0.05, 0.1) is 30.3 Å². The van der Waals surface area contributed by atoms with Crippen molar-refractivity contribution in [1.82, 2.24) is 41.5 Å². The van der Waals surface area contributed by atoms with E-state index < -0.39 is 42.7 Å². The third kappa shape index (κ3) is 4.99. The van der Waals surface area contributed by atoms with Crippen molar-refractivity contribution in [2.45, 2.75) is 49.6 Å². The fraction of sp³-hybridized carbons (Fsp3) is 0.917. The second-order valence-electron chi connectivity index (χ2n) is 11.8. The lowest BCUT2D eigenvalue weighted by Crippen LogP contribution is -2.67. The molecule has 0 radical (unpaired) electrons. The Hall–Kier alpha value is -1.48. The molecule has 0 saturated carbocycles. The monoisotopic (exact) mass is 525 g/mol. The summed E-state index contributed by atoms with van der Waals surface area (Å²) in [5, 5.41) is 14.3. The molecule has 0 aromatic heterocycles. The van der Waals surface area contributed by atoms with Gasteiger partial charge in [0.2, 0.25) is 11.8 Å². The number of piperidine rings is 2. The minimum atomic E-state index is -1.14. The molecule has 6 rings (SSSR count). The normalized spacial score (nSPS) is 43.5. The number of alkyl halides is 2. The first-order chi connectivity index (χ1) is 17.9. The molecule has 9 unspecified atom stereocenters. The zero-order valence-electron chi connectivity index (χ0n) is 21.3. The Bertz CT molecular complexity index is 850. The molecule has 0 aliphatic carbocycles. The topological polar surface area (TPSA) is 130 Å². The summed E-state index contributed by atoms with van der Waals surface area (Å²) in [6, 6.07) is -0.887. The number of hydrogen-bond acceptors (Lipinski definition) is 9. The molecule has 0 spiro atoms. The Labute approximate surface area is 216 Å². The summed E-state index contributed by atoms with van der Waals surface area (Å²) in [5.41, 5.74) is 9.20. The minimum Gasteiger partial charge on any atom is -0.350 e. The van der Waals surface area contributed by atoms with E-state index in [1.807, 2.05) is 0 Å². The lowest BCUT2D eigenvalue weighted by Gasteiger charge is -2.45. The van der Waals surface area contributed by atoms with Crippen LogP contribution >= 0.6 is 0 Å². The average molecular weight is 526 g/mol.